The molecule has 2 aliphatic heterocycles. The van der Waals surface area contributed by atoms with Crippen LogP contribution in [-0.2, 0) is 19.3 Å². The summed E-state index contributed by atoms with van der Waals surface area (Å²) in [5.41, 5.74) is -2.85. The van der Waals surface area contributed by atoms with E-state index in [1.165, 1.54) is 0 Å². The Bertz CT molecular complexity index is 1040. The van der Waals surface area contributed by atoms with Crippen molar-refractivity contribution in [2.24, 2.45) is 17.3 Å². The molecular weight excluding hydrogens is 636 g/mol. The van der Waals surface area contributed by atoms with Crippen LogP contribution < -0.4 is 0 Å². The zero-order chi connectivity index (χ0) is 37.1. The Hall–Kier alpha value is -1.30. The molecule has 290 valence electrons. The molecule has 10 nitrogen and oxygen atoms in total. The van der Waals surface area contributed by atoms with Crippen LogP contribution in [0.4, 0.5) is 0 Å². The Morgan fingerprint density at radius 2 is 0.960 bits per heavy atom. The zero-order valence-electron chi connectivity index (χ0n) is 32.7. The first-order valence-corrected chi connectivity index (χ1v) is 20.0. The molecule has 4 aliphatic rings. The average Bonchev–Trinajstić information content (AvgIpc) is 2.98. The van der Waals surface area contributed by atoms with Gasteiger partial charge in [0.15, 0.2) is 0 Å². The number of aliphatic carboxylic acids is 2. The number of carbonyl (C=O) groups is 2. The molecule has 0 amide bonds. The van der Waals surface area contributed by atoms with Crippen molar-refractivity contribution in [3.05, 3.63) is 0 Å². The van der Waals surface area contributed by atoms with Gasteiger partial charge in [-0.15, -0.1) is 0 Å². The molecule has 0 aromatic carbocycles. The third-order valence-corrected chi connectivity index (χ3v) is 12.8. The molecule has 0 spiro atoms. The van der Waals surface area contributed by atoms with Crippen molar-refractivity contribution in [2.75, 3.05) is 0 Å². The second-order valence-corrected chi connectivity index (χ2v) is 19.0. The highest BCUT2D eigenvalue weighted by atomic mass is 16.7. The van der Waals surface area contributed by atoms with E-state index in [9.17, 15) is 24.9 Å². The van der Waals surface area contributed by atoms with Gasteiger partial charge in [0.25, 0.3) is 0 Å². The van der Waals surface area contributed by atoms with Crippen LogP contribution in [0.5, 0.6) is 0 Å². The predicted octanol–water partition coefficient (Wildman–Crippen LogP) is 7.88. The lowest BCUT2D eigenvalue weighted by molar-refractivity contribution is -0.338. The van der Waals surface area contributed by atoms with E-state index in [0.29, 0.717) is 38.5 Å². The van der Waals surface area contributed by atoms with Gasteiger partial charge in [-0.25, -0.2) is 0 Å². The van der Waals surface area contributed by atoms with Crippen molar-refractivity contribution in [2.45, 2.75) is 224 Å². The fourth-order valence-corrected chi connectivity index (χ4v) is 10.9. The first kappa shape index (κ1) is 41.5. The second kappa shape index (κ2) is 16.4. The summed E-state index contributed by atoms with van der Waals surface area (Å²) in [6.45, 7) is 17.4. The molecule has 50 heavy (non-hydrogen) atoms. The summed E-state index contributed by atoms with van der Waals surface area (Å²) in [5.74, 6) is -1.72. The van der Waals surface area contributed by atoms with Gasteiger partial charge in [0.1, 0.15) is 12.2 Å². The Labute approximate surface area is 302 Å². The summed E-state index contributed by atoms with van der Waals surface area (Å²) in [5, 5.41) is 46.5. The van der Waals surface area contributed by atoms with E-state index in [1.807, 2.05) is 0 Å². The molecular formula is C40H72N2O8. The van der Waals surface area contributed by atoms with Gasteiger partial charge in [0.2, 0.25) is 0 Å². The summed E-state index contributed by atoms with van der Waals surface area (Å²) >= 11 is 0. The highest BCUT2D eigenvalue weighted by Crippen LogP contribution is 2.59. The Morgan fingerprint density at radius 1 is 0.600 bits per heavy atom. The molecule has 2 aliphatic carbocycles. The first-order chi connectivity index (χ1) is 23.2. The van der Waals surface area contributed by atoms with Crippen molar-refractivity contribution in [3.63, 3.8) is 0 Å². The van der Waals surface area contributed by atoms with Gasteiger partial charge < -0.3 is 20.4 Å². The molecule has 4 fully saturated rings. The number of unbranched alkanes of at least 4 members (excludes halogenated alkanes) is 4. The average molecular weight is 709 g/mol. The van der Waals surface area contributed by atoms with Crippen LogP contribution in [0.25, 0.3) is 0 Å². The van der Waals surface area contributed by atoms with Crippen molar-refractivity contribution >= 4 is 11.9 Å². The maximum atomic E-state index is 14.2. The van der Waals surface area contributed by atoms with Crippen LogP contribution >= 0.6 is 0 Å². The quantitative estimate of drug-likeness (QED) is 0.124. The van der Waals surface area contributed by atoms with Crippen molar-refractivity contribution < 1.29 is 39.7 Å². The fourth-order valence-electron chi connectivity index (χ4n) is 10.9. The van der Waals surface area contributed by atoms with E-state index < -0.39 is 51.7 Å². The fraction of sp³-hybridized carbons (Fsp3) is 0.950. The number of carboxylic acids is 2. The largest absolute Gasteiger partial charge is 0.481 e. The number of hydrogen-bond acceptors (Lipinski definition) is 8. The standard InChI is InChI=1S/C40H72N2O8/c1-36(2)24-28(25-37(3,4)41(36)49-32-20-15-13-18-30(32)43)40(35(47)48,23-17-11-9-10-12-22-34(45)46)29-26-38(5,6)42(39(7,8)27-29)50-33-21-16-14-19-31(33)44/h28-33,43-44H,9-27H2,1-8H3,(H,45,46)(H,47,48)/t30-,31-,32-,33-/m1/s1. The molecule has 0 aromatic rings. The van der Waals surface area contributed by atoms with Crippen LogP contribution in [0, 0.1) is 17.3 Å². The van der Waals surface area contributed by atoms with Gasteiger partial charge in [0, 0.05) is 28.6 Å². The molecule has 10 heteroatoms. The van der Waals surface area contributed by atoms with Crippen LogP contribution in [0.2, 0.25) is 0 Å². The minimum absolute atomic E-state index is 0.114. The van der Waals surface area contributed by atoms with Crippen molar-refractivity contribution in [1.29, 1.82) is 0 Å². The number of hydroxylamine groups is 4. The number of aliphatic hydroxyl groups excluding tert-OH is 2. The normalized spacial score (nSPS) is 31.0. The second-order valence-electron chi connectivity index (χ2n) is 19.0. The summed E-state index contributed by atoms with van der Waals surface area (Å²) in [6.07, 6.45) is 13.1. The van der Waals surface area contributed by atoms with Gasteiger partial charge >= 0.3 is 11.9 Å². The number of aliphatic hydroxyl groups is 2. The molecule has 0 radical (unpaired) electrons. The van der Waals surface area contributed by atoms with Crippen molar-refractivity contribution in [1.82, 2.24) is 10.1 Å². The molecule has 4 N–H and O–H groups in total. The lowest BCUT2D eigenvalue weighted by Crippen LogP contribution is -2.68. The number of nitrogens with zero attached hydrogens (tertiary/aromatic N) is 2. The van der Waals surface area contributed by atoms with E-state index in [0.717, 1.165) is 77.0 Å². The monoisotopic (exact) mass is 709 g/mol. The highest BCUT2D eigenvalue weighted by Gasteiger charge is 2.62. The van der Waals surface area contributed by atoms with E-state index in [4.69, 9.17) is 14.8 Å². The van der Waals surface area contributed by atoms with Gasteiger partial charge in [-0.05, 0) is 131 Å². The maximum Gasteiger partial charge on any atom is 0.310 e. The van der Waals surface area contributed by atoms with E-state index >= 15 is 0 Å². The molecule has 4 rings (SSSR count). The Morgan fingerprint density at radius 3 is 1.32 bits per heavy atom. The third-order valence-electron chi connectivity index (χ3n) is 12.8. The van der Waals surface area contributed by atoms with Gasteiger partial charge in [-0.2, -0.15) is 10.1 Å². The molecule has 2 saturated heterocycles. The summed E-state index contributed by atoms with van der Waals surface area (Å²) in [4.78, 5) is 38.6. The molecule has 2 heterocycles. The minimum Gasteiger partial charge on any atom is -0.481 e. The number of carboxylic acid groups (broad SMARTS) is 2. The number of hydrogen-bond donors (Lipinski definition) is 4. The van der Waals surface area contributed by atoms with Gasteiger partial charge in [0.05, 0.1) is 17.6 Å². The molecule has 0 aromatic heterocycles. The van der Waals surface area contributed by atoms with Crippen LogP contribution in [0.15, 0.2) is 0 Å². The SMILES string of the molecule is CC1(C)CC(C(CCCCCCCC(=O)O)(C(=O)O)C2CC(C)(C)N(O[C@@H]3CCCC[C@H]3O)C(C)(C)C2)CC(C)(C)N1O[C@@H]1CCCC[C@H]1O. The van der Waals surface area contributed by atoms with E-state index in [1.54, 1.807) is 0 Å². The predicted molar refractivity (Wildman–Crippen MR) is 194 cm³/mol. The Balaban J connectivity index is 1.65. The first-order valence-electron chi connectivity index (χ1n) is 20.0. The lowest BCUT2D eigenvalue weighted by atomic mass is 9.52. The maximum absolute atomic E-state index is 14.2. The molecule has 4 atom stereocenters. The third kappa shape index (κ3) is 9.43. The van der Waals surface area contributed by atoms with Crippen molar-refractivity contribution in [3.8, 4) is 0 Å². The number of piperidine rings is 2. The molecule has 0 unspecified atom stereocenters. The number of rotatable bonds is 15. The smallest absolute Gasteiger partial charge is 0.310 e. The van der Waals surface area contributed by atoms with E-state index in [2.05, 4.69) is 65.5 Å². The summed E-state index contributed by atoms with van der Waals surface area (Å²) in [6, 6.07) is 0. The van der Waals surface area contributed by atoms with Crippen LogP contribution in [0.3, 0.4) is 0 Å². The zero-order valence-corrected chi connectivity index (χ0v) is 32.7. The molecule has 2 saturated carbocycles. The Kier molecular flexibility index (Phi) is 13.6. The summed E-state index contributed by atoms with van der Waals surface area (Å²) < 4.78 is 0. The van der Waals surface area contributed by atoms with Gasteiger partial charge in [-0.3, -0.25) is 19.3 Å². The lowest BCUT2D eigenvalue weighted by Gasteiger charge is -2.62. The van der Waals surface area contributed by atoms with Crippen LogP contribution in [-0.4, -0.2) is 89.1 Å². The van der Waals surface area contributed by atoms with Crippen LogP contribution in [0.1, 0.15) is 177 Å². The minimum atomic E-state index is -0.989. The molecule has 0 bridgehead atoms. The highest BCUT2D eigenvalue weighted by molar-refractivity contribution is 5.76. The van der Waals surface area contributed by atoms with Gasteiger partial charge in [-0.1, -0.05) is 51.4 Å². The summed E-state index contributed by atoms with van der Waals surface area (Å²) in [7, 11) is 0. The topological polar surface area (TPSA) is 140 Å². The van der Waals surface area contributed by atoms with E-state index in [-0.39, 0.29) is 30.5 Å².